The lowest BCUT2D eigenvalue weighted by molar-refractivity contribution is -0.173. The number of alkyl halides is 3. The van der Waals surface area contributed by atoms with Crippen molar-refractivity contribution in [3.63, 3.8) is 0 Å². The van der Waals surface area contributed by atoms with Gasteiger partial charge < -0.3 is 15.4 Å². The largest absolute Gasteiger partial charge is 0.411 e. The molecular formula is C19H30F3IN4O. The number of aliphatic imine (C=N–C) groups is 1. The number of hydrogen-bond acceptors (Lipinski definition) is 3. The Morgan fingerprint density at radius 1 is 1.11 bits per heavy atom. The van der Waals surface area contributed by atoms with Crippen LogP contribution >= 0.6 is 24.0 Å². The van der Waals surface area contributed by atoms with Crippen LogP contribution in [0.4, 0.5) is 13.2 Å². The summed E-state index contributed by atoms with van der Waals surface area (Å²) in [6, 6.07) is 8.53. The van der Waals surface area contributed by atoms with Crippen LogP contribution in [-0.2, 0) is 17.8 Å². The molecule has 0 bridgehead atoms. The molecule has 2 N–H and O–H groups in total. The number of guanidine groups is 1. The van der Waals surface area contributed by atoms with Gasteiger partial charge in [0.2, 0.25) is 0 Å². The van der Waals surface area contributed by atoms with E-state index in [-0.39, 0.29) is 30.6 Å². The molecule has 0 amide bonds. The normalized spacial score (nSPS) is 15.4. The highest BCUT2D eigenvalue weighted by Crippen LogP contribution is 2.14. The van der Waals surface area contributed by atoms with Crippen LogP contribution in [0.5, 0.6) is 0 Å². The average molecular weight is 514 g/mol. The predicted octanol–water partition coefficient (Wildman–Crippen LogP) is 3.53. The molecule has 1 aliphatic rings. The van der Waals surface area contributed by atoms with Crippen LogP contribution in [0.15, 0.2) is 29.3 Å². The monoisotopic (exact) mass is 514 g/mol. The molecule has 5 nitrogen and oxygen atoms in total. The molecule has 0 radical (unpaired) electrons. The molecular weight excluding hydrogens is 484 g/mol. The number of likely N-dealkylation sites (tertiary alicyclic amines) is 1. The van der Waals surface area contributed by atoms with Crippen LogP contribution in [0.2, 0.25) is 0 Å². The lowest BCUT2D eigenvalue weighted by Crippen LogP contribution is -2.37. The molecule has 0 aliphatic carbocycles. The number of nitrogens with one attached hydrogen (secondary N) is 2. The van der Waals surface area contributed by atoms with Crippen molar-refractivity contribution in [2.75, 3.05) is 39.9 Å². The minimum atomic E-state index is -4.27. The van der Waals surface area contributed by atoms with Crippen molar-refractivity contribution in [1.82, 2.24) is 15.5 Å². The van der Waals surface area contributed by atoms with E-state index in [1.54, 1.807) is 7.05 Å². The lowest BCUT2D eigenvalue weighted by atomic mass is 10.1. The highest BCUT2D eigenvalue weighted by atomic mass is 127. The van der Waals surface area contributed by atoms with Gasteiger partial charge in [-0.15, -0.1) is 24.0 Å². The van der Waals surface area contributed by atoms with E-state index in [1.165, 1.54) is 31.5 Å². The van der Waals surface area contributed by atoms with Crippen molar-refractivity contribution >= 4 is 29.9 Å². The van der Waals surface area contributed by atoms with Crippen molar-refractivity contribution in [1.29, 1.82) is 0 Å². The topological polar surface area (TPSA) is 48.9 Å². The molecule has 160 valence electrons. The van der Waals surface area contributed by atoms with Crippen molar-refractivity contribution in [3.8, 4) is 0 Å². The van der Waals surface area contributed by atoms with E-state index >= 15 is 0 Å². The van der Waals surface area contributed by atoms with Gasteiger partial charge in [-0.1, -0.05) is 24.3 Å². The zero-order valence-electron chi connectivity index (χ0n) is 16.2. The first-order chi connectivity index (χ1) is 13.0. The summed E-state index contributed by atoms with van der Waals surface area (Å²) < 4.78 is 40.5. The zero-order valence-corrected chi connectivity index (χ0v) is 18.6. The first kappa shape index (κ1) is 25.0. The second kappa shape index (κ2) is 13.2. The number of nitrogens with zero attached hydrogens (tertiary/aromatic N) is 2. The predicted molar refractivity (Wildman–Crippen MR) is 116 cm³/mol. The van der Waals surface area contributed by atoms with Crippen LogP contribution in [0.25, 0.3) is 0 Å². The Bertz CT molecular complexity index is 576. The van der Waals surface area contributed by atoms with Crippen LogP contribution in [0.1, 0.15) is 30.4 Å². The summed E-state index contributed by atoms with van der Waals surface area (Å²) in [6.07, 6.45) is -1.21. The van der Waals surface area contributed by atoms with Gasteiger partial charge in [0, 0.05) is 33.3 Å². The second-order valence-corrected chi connectivity index (χ2v) is 6.67. The van der Waals surface area contributed by atoms with Gasteiger partial charge in [-0.3, -0.25) is 9.89 Å². The first-order valence-corrected chi connectivity index (χ1v) is 9.35. The van der Waals surface area contributed by atoms with E-state index in [0.717, 1.165) is 12.1 Å². The summed E-state index contributed by atoms with van der Waals surface area (Å²) in [4.78, 5) is 6.58. The average Bonchev–Trinajstić information content (AvgIpc) is 3.14. The molecule has 0 unspecified atom stereocenters. The van der Waals surface area contributed by atoms with E-state index in [0.29, 0.717) is 25.5 Å². The Morgan fingerprint density at radius 2 is 1.75 bits per heavy atom. The number of halogens is 4. The number of rotatable bonds is 9. The van der Waals surface area contributed by atoms with Crippen molar-refractivity contribution in [3.05, 3.63) is 35.4 Å². The Morgan fingerprint density at radius 3 is 2.36 bits per heavy atom. The highest BCUT2D eigenvalue weighted by molar-refractivity contribution is 14.0. The Kier molecular flexibility index (Phi) is 11.8. The molecule has 1 aliphatic heterocycles. The molecule has 0 saturated carbocycles. The number of hydrogen-bond donors (Lipinski definition) is 2. The van der Waals surface area contributed by atoms with Crippen LogP contribution < -0.4 is 10.6 Å². The fraction of sp³-hybridized carbons (Fsp3) is 0.632. The summed E-state index contributed by atoms with van der Waals surface area (Å²) in [6.45, 7) is 3.36. The van der Waals surface area contributed by atoms with Gasteiger partial charge in [0.1, 0.15) is 6.61 Å². The van der Waals surface area contributed by atoms with Crippen molar-refractivity contribution in [2.45, 2.75) is 38.5 Å². The third-order valence-electron chi connectivity index (χ3n) is 4.34. The van der Waals surface area contributed by atoms with Gasteiger partial charge in [-0.25, -0.2) is 0 Å². The van der Waals surface area contributed by atoms with E-state index in [4.69, 9.17) is 0 Å². The van der Waals surface area contributed by atoms with Gasteiger partial charge in [-0.05, 0) is 43.5 Å². The third-order valence-corrected chi connectivity index (χ3v) is 4.34. The molecule has 1 aromatic carbocycles. The van der Waals surface area contributed by atoms with Crippen molar-refractivity contribution in [2.24, 2.45) is 4.99 Å². The van der Waals surface area contributed by atoms with Crippen LogP contribution in [0.3, 0.4) is 0 Å². The summed E-state index contributed by atoms with van der Waals surface area (Å²) in [7, 11) is 1.66. The second-order valence-electron chi connectivity index (χ2n) is 6.67. The molecule has 28 heavy (non-hydrogen) atoms. The van der Waals surface area contributed by atoms with Gasteiger partial charge in [-0.2, -0.15) is 13.2 Å². The fourth-order valence-electron chi connectivity index (χ4n) is 2.94. The van der Waals surface area contributed by atoms with Crippen LogP contribution in [0, 0.1) is 0 Å². The number of ether oxygens (including phenoxy) is 1. The Balaban J connectivity index is 0.00000392. The van der Waals surface area contributed by atoms with Crippen LogP contribution in [-0.4, -0.2) is 56.9 Å². The summed E-state index contributed by atoms with van der Waals surface area (Å²) >= 11 is 0. The zero-order chi connectivity index (χ0) is 19.5. The van der Waals surface area contributed by atoms with E-state index in [2.05, 4.69) is 49.5 Å². The minimum absolute atomic E-state index is 0. The maximum Gasteiger partial charge on any atom is 0.411 e. The molecule has 9 heteroatoms. The molecule has 1 aromatic rings. The molecule has 0 atom stereocenters. The molecule has 1 saturated heterocycles. The molecule has 0 aromatic heterocycles. The molecule has 2 rings (SSSR count). The first-order valence-electron chi connectivity index (χ1n) is 9.35. The quantitative estimate of drug-likeness (QED) is 0.229. The summed E-state index contributed by atoms with van der Waals surface area (Å²) in [5, 5.41) is 6.27. The van der Waals surface area contributed by atoms with Crippen molar-refractivity contribution < 1.29 is 17.9 Å². The van der Waals surface area contributed by atoms with Gasteiger partial charge in [0.15, 0.2) is 5.96 Å². The van der Waals surface area contributed by atoms with Gasteiger partial charge >= 0.3 is 6.18 Å². The van der Waals surface area contributed by atoms with Gasteiger partial charge in [0.25, 0.3) is 0 Å². The SMILES string of the molecule is CN=C(NCCCOCC(F)(F)F)NCc1ccc(CN2CCCC2)cc1.I. The van der Waals surface area contributed by atoms with E-state index in [1.807, 2.05) is 0 Å². The summed E-state index contributed by atoms with van der Waals surface area (Å²) in [5.74, 6) is 0.618. The fourth-order valence-corrected chi connectivity index (χ4v) is 2.94. The van der Waals surface area contributed by atoms with Gasteiger partial charge in [0.05, 0.1) is 0 Å². The molecule has 0 spiro atoms. The Hall–Kier alpha value is -1.07. The van der Waals surface area contributed by atoms with E-state index < -0.39 is 12.8 Å². The number of benzene rings is 1. The lowest BCUT2D eigenvalue weighted by Gasteiger charge is -2.15. The maximum absolute atomic E-state index is 12.0. The highest BCUT2D eigenvalue weighted by Gasteiger charge is 2.27. The summed E-state index contributed by atoms with van der Waals surface area (Å²) in [5.41, 5.74) is 2.47. The Labute approximate surface area is 182 Å². The minimum Gasteiger partial charge on any atom is -0.372 e. The maximum atomic E-state index is 12.0. The smallest absolute Gasteiger partial charge is 0.372 e. The standard InChI is InChI=1S/C19H29F3N4O.HI/c1-23-18(24-9-4-12-27-15-19(20,21)22)25-13-16-5-7-17(8-6-16)14-26-10-2-3-11-26;/h5-8H,2-4,9-15H2,1H3,(H2,23,24,25);1H. The third kappa shape index (κ3) is 10.5. The van der Waals surface area contributed by atoms with E-state index in [9.17, 15) is 13.2 Å². The molecule has 1 heterocycles. The molecule has 1 fully saturated rings.